The van der Waals surface area contributed by atoms with Gasteiger partial charge in [-0.1, -0.05) is 26.8 Å². The van der Waals surface area contributed by atoms with E-state index in [0.717, 1.165) is 37.5 Å². The molecule has 0 spiro atoms. The molecule has 4 aliphatic rings. The lowest BCUT2D eigenvalue weighted by molar-refractivity contribution is -0.319. The largest absolute Gasteiger partial charge is 0.394 e. The van der Waals surface area contributed by atoms with Crippen LogP contribution in [0.2, 0.25) is 0 Å². The third-order valence-electron chi connectivity index (χ3n) is 8.42. The van der Waals surface area contributed by atoms with Crippen molar-refractivity contribution in [3.8, 4) is 0 Å². The van der Waals surface area contributed by atoms with Crippen LogP contribution in [0.15, 0.2) is 11.6 Å². The zero-order chi connectivity index (χ0) is 20.5. The minimum absolute atomic E-state index is 0.0749. The van der Waals surface area contributed by atoms with E-state index in [2.05, 4.69) is 26.8 Å². The Morgan fingerprint density at radius 3 is 2.50 bits per heavy atom. The molecule has 28 heavy (non-hydrogen) atoms. The number of aldehydes is 1. The molecule has 1 heterocycles. The van der Waals surface area contributed by atoms with Gasteiger partial charge in [0.15, 0.2) is 6.29 Å². The maximum Gasteiger partial charge on any atom is 0.187 e. The number of carbonyl (C=O) groups is 1. The van der Waals surface area contributed by atoms with Crippen LogP contribution in [0.25, 0.3) is 0 Å². The van der Waals surface area contributed by atoms with Gasteiger partial charge in [-0.3, -0.25) is 4.79 Å². The van der Waals surface area contributed by atoms with Crippen molar-refractivity contribution in [1.82, 2.24) is 0 Å². The van der Waals surface area contributed by atoms with Gasteiger partial charge in [0.25, 0.3) is 0 Å². The Hall–Kier alpha value is -0.830. The summed E-state index contributed by atoms with van der Waals surface area (Å²) in [5.74, 6) is 0.239. The van der Waals surface area contributed by atoms with E-state index in [0.29, 0.717) is 0 Å². The van der Waals surface area contributed by atoms with Gasteiger partial charge in [0, 0.05) is 5.41 Å². The van der Waals surface area contributed by atoms with Crippen LogP contribution in [0.5, 0.6) is 0 Å². The van der Waals surface area contributed by atoms with E-state index < -0.39 is 42.7 Å². The van der Waals surface area contributed by atoms with Crippen molar-refractivity contribution in [3.63, 3.8) is 0 Å². The quantitative estimate of drug-likeness (QED) is 0.512. The summed E-state index contributed by atoms with van der Waals surface area (Å²) in [6.07, 6.45) is -0.115. The van der Waals surface area contributed by atoms with E-state index >= 15 is 0 Å². The second-order valence-corrected chi connectivity index (χ2v) is 9.69. The molecule has 1 saturated heterocycles. The molecule has 4 rings (SSSR count). The SMILES string of the molecule is C[C@@H]1CC[C@]23CC[C@H](O[C@@H]4O[C@H](CO)[C@@H](O)[C@H](O)[C@H]4O)[C@@]12C(C=O)=CC3(C)C. The fourth-order valence-corrected chi connectivity index (χ4v) is 7.15. The topological polar surface area (TPSA) is 116 Å². The number of rotatable bonds is 4. The van der Waals surface area contributed by atoms with Gasteiger partial charge in [-0.05, 0) is 48.0 Å². The number of aliphatic hydroxyl groups is 4. The molecule has 0 aromatic rings. The van der Waals surface area contributed by atoms with Gasteiger partial charge in [-0.15, -0.1) is 0 Å². The second kappa shape index (κ2) is 6.59. The molecular weight excluding hydrogens is 364 g/mol. The number of allylic oxidation sites excluding steroid dienone is 1. The first-order valence-corrected chi connectivity index (χ1v) is 10.3. The van der Waals surface area contributed by atoms with Gasteiger partial charge in [-0.2, -0.15) is 0 Å². The predicted octanol–water partition coefficient (Wildman–Crippen LogP) is 0.533. The summed E-state index contributed by atoms with van der Waals surface area (Å²) < 4.78 is 11.9. The lowest BCUT2D eigenvalue weighted by atomic mass is 9.56. The standard InChI is InChI=1S/C21H32O7/c1-11-4-6-20-7-5-14(21(11,20)12(9-22)8-19(20,2)3)28-18-17(26)16(25)15(24)13(10-23)27-18/h8-9,11,13-18,23-26H,4-7,10H2,1-3H3/t11-,13-,14+,15-,16+,17-,18+,20-,21+/m1/s1. The highest BCUT2D eigenvalue weighted by molar-refractivity contribution is 5.79. The Balaban J connectivity index is 1.68. The van der Waals surface area contributed by atoms with Crippen molar-refractivity contribution in [2.75, 3.05) is 6.61 Å². The highest BCUT2D eigenvalue weighted by Gasteiger charge is 2.75. The van der Waals surface area contributed by atoms with Gasteiger partial charge >= 0.3 is 0 Å². The lowest BCUT2D eigenvalue weighted by Gasteiger charge is -2.49. The van der Waals surface area contributed by atoms with Crippen LogP contribution in [0.4, 0.5) is 0 Å². The summed E-state index contributed by atoms with van der Waals surface area (Å²) in [6.45, 7) is 6.04. The number of hydrogen-bond donors (Lipinski definition) is 4. The molecule has 0 bridgehead atoms. The van der Waals surface area contributed by atoms with E-state index in [-0.39, 0.29) is 22.9 Å². The Bertz CT molecular complexity index is 674. The normalized spacial score (nSPS) is 52.2. The third-order valence-corrected chi connectivity index (χ3v) is 8.42. The van der Waals surface area contributed by atoms with Crippen LogP contribution in [-0.2, 0) is 14.3 Å². The van der Waals surface area contributed by atoms with Crippen molar-refractivity contribution >= 4 is 6.29 Å². The van der Waals surface area contributed by atoms with Crippen LogP contribution in [-0.4, -0.2) is 70.1 Å². The molecule has 4 N–H and O–H groups in total. The van der Waals surface area contributed by atoms with Crippen LogP contribution in [0, 0.1) is 22.2 Å². The summed E-state index contributed by atoms with van der Waals surface area (Å²) in [7, 11) is 0. The van der Waals surface area contributed by atoms with Crippen molar-refractivity contribution in [2.45, 2.75) is 83.3 Å². The zero-order valence-electron chi connectivity index (χ0n) is 16.7. The Morgan fingerprint density at radius 2 is 1.86 bits per heavy atom. The first kappa shape index (κ1) is 20.4. The molecule has 0 aromatic heterocycles. The van der Waals surface area contributed by atoms with Crippen molar-refractivity contribution in [2.24, 2.45) is 22.2 Å². The molecule has 0 amide bonds. The lowest BCUT2D eigenvalue weighted by Crippen LogP contribution is -2.60. The molecule has 0 unspecified atom stereocenters. The van der Waals surface area contributed by atoms with Crippen LogP contribution >= 0.6 is 0 Å². The summed E-state index contributed by atoms with van der Waals surface area (Å²) in [4.78, 5) is 12.1. The van der Waals surface area contributed by atoms with E-state index in [1.54, 1.807) is 0 Å². The molecule has 0 aromatic carbocycles. The molecule has 0 radical (unpaired) electrons. The van der Waals surface area contributed by atoms with Gasteiger partial charge in [0.05, 0.1) is 12.7 Å². The number of hydrogen-bond acceptors (Lipinski definition) is 7. The second-order valence-electron chi connectivity index (χ2n) is 9.69. The van der Waals surface area contributed by atoms with Crippen molar-refractivity contribution in [1.29, 1.82) is 0 Å². The highest BCUT2D eigenvalue weighted by atomic mass is 16.7. The monoisotopic (exact) mass is 396 g/mol. The van der Waals surface area contributed by atoms with Gasteiger partial charge < -0.3 is 29.9 Å². The number of aliphatic hydroxyl groups excluding tert-OH is 4. The zero-order valence-corrected chi connectivity index (χ0v) is 16.7. The fourth-order valence-electron chi connectivity index (χ4n) is 7.15. The molecule has 7 heteroatoms. The van der Waals surface area contributed by atoms with E-state index in [9.17, 15) is 25.2 Å². The molecule has 2 saturated carbocycles. The smallest absolute Gasteiger partial charge is 0.187 e. The minimum atomic E-state index is -1.47. The molecule has 1 aliphatic heterocycles. The van der Waals surface area contributed by atoms with E-state index in [4.69, 9.17) is 9.47 Å². The average molecular weight is 396 g/mol. The highest BCUT2D eigenvalue weighted by Crippen LogP contribution is 2.78. The summed E-state index contributed by atoms with van der Waals surface area (Å²) in [6, 6.07) is 0. The number of ether oxygens (including phenoxy) is 2. The van der Waals surface area contributed by atoms with Crippen LogP contribution in [0.1, 0.15) is 46.5 Å². The predicted molar refractivity (Wildman–Crippen MR) is 99.1 cm³/mol. The Labute approximate surface area is 165 Å². The average Bonchev–Trinajstić information content (AvgIpc) is 3.22. The van der Waals surface area contributed by atoms with Crippen molar-refractivity contribution < 1.29 is 34.7 Å². The summed E-state index contributed by atoms with van der Waals surface area (Å²) in [5, 5.41) is 40.0. The molecule has 3 fully saturated rings. The van der Waals surface area contributed by atoms with E-state index in [1.807, 2.05) is 0 Å². The number of carbonyl (C=O) groups excluding carboxylic acids is 1. The summed E-state index contributed by atoms with van der Waals surface area (Å²) in [5.41, 5.74) is 0.113. The molecular formula is C21H32O7. The van der Waals surface area contributed by atoms with Gasteiger partial charge in [-0.25, -0.2) is 0 Å². The molecule has 9 atom stereocenters. The Morgan fingerprint density at radius 1 is 1.18 bits per heavy atom. The fraction of sp³-hybridized carbons (Fsp3) is 0.857. The first-order valence-electron chi connectivity index (χ1n) is 10.3. The van der Waals surface area contributed by atoms with E-state index in [1.165, 1.54) is 0 Å². The van der Waals surface area contributed by atoms with Crippen molar-refractivity contribution in [3.05, 3.63) is 11.6 Å². The molecule has 158 valence electrons. The first-order chi connectivity index (χ1) is 13.2. The van der Waals surface area contributed by atoms with Gasteiger partial charge in [0.2, 0.25) is 0 Å². The van der Waals surface area contributed by atoms with Gasteiger partial charge in [0.1, 0.15) is 30.7 Å². The minimum Gasteiger partial charge on any atom is -0.394 e. The summed E-state index contributed by atoms with van der Waals surface area (Å²) >= 11 is 0. The maximum absolute atomic E-state index is 12.1. The Kier molecular flexibility index (Phi) is 4.81. The maximum atomic E-state index is 12.1. The van der Waals surface area contributed by atoms with Crippen LogP contribution in [0.3, 0.4) is 0 Å². The molecule has 7 nitrogen and oxygen atoms in total. The third kappa shape index (κ3) is 2.29. The molecule has 3 aliphatic carbocycles. The van der Waals surface area contributed by atoms with Crippen LogP contribution < -0.4 is 0 Å².